The van der Waals surface area contributed by atoms with Gasteiger partial charge in [0.25, 0.3) is 0 Å². The number of rotatable bonds is 10. The third-order valence-electron chi connectivity index (χ3n) is 4.67. The summed E-state index contributed by atoms with van der Waals surface area (Å²) in [5, 5.41) is 3.46. The van der Waals surface area contributed by atoms with E-state index in [2.05, 4.69) is 58.9 Å². The highest BCUT2D eigenvalue weighted by molar-refractivity contribution is 4.85. The summed E-state index contributed by atoms with van der Waals surface area (Å²) in [6.07, 6.45) is 6.91. The average molecular weight is 256 g/mol. The summed E-state index contributed by atoms with van der Waals surface area (Å²) in [5.74, 6) is 0.754. The van der Waals surface area contributed by atoms with E-state index in [4.69, 9.17) is 0 Å². The Morgan fingerprint density at radius 1 is 1.11 bits per heavy atom. The summed E-state index contributed by atoms with van der Waals surface area (Å²) in [6.45, 7) is 12.9. The molecule has 0 saturated carbocycles. The minimum atomic E-state index is 0.479. The Morgan fingerprint density at radius 2 is 1.72 bits per heavy atom. The molecule has 0 aromatic heterocycles. The van der Waals surface area contributed by atoms with E-state index in [0.717, 1.165) is 5.92 Å². The van der Waals surface area contributed by atoms with Crippen LogP contribution in [0.2, 0.25) is 0 Å². The van der Waals surface area contributed by atoms with E-state index in [0.29, 0.717) is 11.6 Å². The van der Waals surface area contributed by atoms with Crippen LogP contribution in [-0.2, 0) is 0 Å². The molecule has 1 N–H and O–H groups in total. The van der Waals surface area contributed by atoms with E-state index in [9.17, 15) is 0 Å². The molecule has 0 aromatic rings. The van der Waals surface area contributed by atoms with Crippen LogP contribution in [0.15, 0.2) is 0 Å². The lowest BCUT2D eigenvalue weighted by Gasteiger charge is -2.42. The van der Waals surface area contributed by atoms with Crippen molar-refractivity contribution in [1.29, 1.82) is 0 Å². The first kappa shape index (κ1) is 17.9. The van der Waals surface area contributed by atoms with Crippen molar-refractivity contribution in [3.8, 4) is 0 Å². The molecular formula is C16H36N2. The summed E-state index contributed by atoms with van der Waals surface area (Å²) < 4.78 is 0. The molecule has 0 rings (SSSR count). The van der Waals surface area contributed by atoms with Crippen molar-refractivity contribution in [2.75, 3.05) is 20.6 Å². The summed E-state index contributed by atoms with van der Waals surface area (Å²) in [7, 11) is 4.36. The van der Waals surface area contributed by atoms with Crippen molar-refractivity contribution in [2.24, 2.45) is 11.3 Å². The van der Waals surface area contributed by atoms with Gasteiger partial charge >= 0.3 is 0 Å². The minimum Gasteiger partial charge on any atom is -0.305 e. The topological polar surface area (TPSA) is 15.3 Å². The van der Waals surface area contributed by atoms with E-state index in [1.165, 1.54) is 38.6 Å². The molecule has 2 nitrogen and oxygen atoms in total. The zero-order valence-electron chi connectivity index (χ0n) is 13.8. The van der Waals surface area contributed by atoms with Gasteiger partial charge in [0.1, 0.15) is 0 Å². The maximum absolute atomic E-state index is 3.46. The van der Waals surface area contributed by atoms with Crippen molar-refractivity contribution in [1.82, 2.24) is 10.2 Å². The highest BCUT2D eigenvalue weighted by Gasteiger charge is 2.33. The number of hydrogen-bond acceptors (Lipinski definition) is 2. The van der Waals surface area contributed by atoms with Gasteiger partial charge < -0.3 is 5.32 Å². The van der Waals surface area contributed by atoms with E-state index < -0.39 is 0 Å². The van der Waals surface area contributed by atoms with Crippen molar-refractivity contribution < 1.29 is 0 Å². The molecule has 0 aliphatic rings. The molecule has 0 heterocycles. The Bertz CT molecular complexity index is 203. The number of nitrogens with zero attached hydrogens (tertiary/aromatic N) is 1. The van der Waals surface area contributed by atoms with Gasteiger partial charge in [-0.15, -0.1) is 0 Å². The molecule has 0 bridgehead atoms. The number of hydrogen-bond donors (Lipinski definition) is 1. The van der Waals surface area contributed by atoms with Gasteiger partial charge in [-0.05, 0) is 44.7 Å². The van der Waals surface area contributed by atoms with Crippen molar-refractivity contribution >= 4 is 0 Å². The monoisotopic (exact) mass is 256 g/mol. The van der Waals surface area contributed by atoms with E-state index in [1.807, 2.05) is 0 Å². The zero-order valence-corrected chi connectivity index (χ0v) is 13.8. The summed E-state index contributed by atoms with van der Waals surface area (Å²) in [4.78, 5) is 2.53. The van der Waals surface area contributed by atoms with Crippen LogP contribution in [0.1, 0.15) is 66.7 Å². The van der Waals surface area contributed by atoms with Gasteiger partial charge in [0.15, 0.2) is 0 Å². The van der Waals surface area contributed by atoms with Gasteiger partial charge in [0.05, 0.1) is 6.17 Å². The second kappa shape index (κ2) is 8.92. The van der Waals surface area contributed by atoms with Crippen LogP contribution in [-0.4, -0.2) is 31.7 Å². The van der Waals surface area contributed by atoms with Gasteiger partial charge in [-0.1, -0.05) is 47.5 Å². The predicted molar refractivity (Wildman–Crippen MR) is 82.9 cm³/mol. The molecule has 0 aliphatic carbocycles. The minimum absolute atomic E-state index is 0.479. The Morgan fingerprint density at radius 3 is 2.06 bits per heavy atom. The fourth-order valence-corrected chi connectivity index (χ4v) is 3.21. The van der Waals surface area contributed by atoms with Crippen LogP contribution < -0.4 is 5.32 Å². The average Bonchev–Trinajstić information content (AvgIpc) is 2.34. The molecule has 0 spiro atoms. The van der Waals surface area contributed by atoms with Gasteiger partial charge in [0.2, 0.25) is 0 Å². The van der Waals surface area contributed by atoms with E-state index in [-0.39, 0.29) is 0 Å². The molecule has 2 unspecified atom stereocenters. The van der Waals surface area contributed by atoms with Crippen LogP contribution in [0, 0.1) is 11.3 Å². The lowest BCUT2D eigenvalue weighted by Crippen LogP contribution is -2.48. The maximum atomic E-state index is 3.46. The standard InChI is InChI=1S/C16H36N2/c1-8-11-15(17-6)18(7)13-16(10-3,12-9-2)14(4)5/h14-15,17H,8-13H2,1-7H3. The molecule has 0 fully saturated rings. The molecule has 0 aliphatic heterocycles. The Kier molecular flexibility index (Phi) is 8.89. The molecule has 0 amide bonds. The molecule has 0 saturated heterocycles. The Balaban J connectivity index is 4.74. The number of nitrogens with one attached hydrogen (secondary N) is 1. The van der Waals surface area contributed by atoms with Crippen LogP contribution in [0.25, 0.3) is 0 Å². The predicted octanol–water partition coefficient (Wildman–Crippen LogP) is 4.12. The first-order valence-corrected chi connectivity index (χ1v) is 7.84. The smallest absolute Gasteiger partial charge is 0.0592 e. The Hall–Kier alpha value is -0.0800. The fraction of sp³-hybridized carbons (Fsp3) is 1.00. The third kappa shape index (κ3) is 4.89. The molecule has 110 valence electrons. The lowest BCUT2D eigenvalue weighted by atomic mass is 9.71. The largest absolute Gasteiger partial charge is 0.305 e. The quantitative estimate of drug-likeness (QED) is 0.592. The summed E-state index contributed by atoms with van der Waals surface area (Å²) >= 11 is 0. The fourth-order valence-electron chi connectivity index (χ4n) is 3.21. The van der Waals surface area contributed by atoms with Crippen LogP contribution in [0.3, 0.4) is 0 Å². The van der Waals surface area contributed by atoms with Crippen molar-refractivity contribution in [2.45, 2.75) is 72.9 Å². The van der Waals surface area contributed by atoms with Crippen LogP contribution >= 0.6 is 0 Å². The summed E-state index contributed by atoms with van der Waals surface area (Å²) in [6, 6.07) is 0. The third-order valence-corrected chi connectivity index (χ3v) is 4.67. The lowest BCUT2D eigenvalue weighted by molar-refractivity contribution is 0.0646. The molecule has 0 radical (unpaired) electrons. The summed E-state index contributed by atoms with van der Waals surface area (Å²) in [5.41, 5.74) is 0.479. The van der Waals surface area contributed by atoms with Gasteiger partial charge in [-0.2, -0.15) is 0 Å². The molecule has 2 atom stereocenters. The highest BCUT2D eigenvalue weighted by Crippen LogP contribution is 2.37. The zero-order chi connectivity index (χ0) is 14.2. The second-order valence-corrected chi connectivity index (χ2v) is 6.13. The normalized spacial score (nSPS) is 17.2. The highest BCUT2D eigenvalue weighted by atomic mass is 15.2. The first-order valence-electron chi connectivity index (χ1n) is 7.84. The molecule has 0 aromatic carbocycles. The van der Waals surface area contributed by atoms with Crippen LogP contribution in [0.5, 0.6) is 0 Å². The van der Waals surface area contributed by atoms with Gasteiger partial charge in [-0.3, -0.25) is 4.90 Å². The van der Waals surface area contributed by atoms with E-state index in [1.54, 1.807) is 0 Å². The SMILES string of the molecule is CCCC(NC)N(C)CC(CC)(CCC)C(C)C. The molecule has 2 heteroatoms. The van der Waals surface area contributed by atoms with Crippen molar-refractivity contribution in [3.05, 3.63) is 0 Å². The first-order chi connectivity index (χ1) is 8.47. The Labute approximate surface area is 116 Å². The molecule has 18 heavy (non-hydrogen) atoms. The van der Waals surface area contributed by atoms with Gasteiger partial charge in [0, 0.05) is 6.54 Å². The van der Waals surface area contributed by atoms with Gasteiger partial charge in [-0.25, -0.2) is 0 Å². The van der Waals surface area contributed by atoms with E-state index >= 15 is 0 Å². The maximum Gasteiger partial charge on any atom is 0.0592 e. The van der Waals surface area contributed by atoms with Crippen molar-refractivity contribution in [3.63, 3.8) is 0 Å². The van der Waals surface area contributed by atoms with Crippen LogP contribution in [0.4, 0.5) is 0 Å². The second-order valence-electron chi connectivity index (χ2n) is 6.13. The molecular weight excluding hydrogens is 220 g/mol.